The molecule has 0 bridgehead atoms. The molecular weight excluding hydrogens is 446 g/mol. The first-order valence-electron chi connectivity index (χ1n) is 9.64. The minimum absolute atomic E-state index is 0.106. The van der Waals surface area contributed by atoms with Crippen molar-refractivity contribution in [3.63, 3.8) is 0 Å². The van der Waals surface area contributed by atoms with Gasteiger partial charge in [0.1, 0.15) is 11.5 Å². The van der Waals surface area contributed by atoms with Crippen LogP contribution in [0.5, 0.6) is 11.5 Å². The Kier molecular flexibility index (Phi) is 7.57. The molecule has 0 atom stereocenters. The van der Waals surface area contributed by atoms with Crippen LogP contribution in [0.3, 0.4) is 0 Å². The number of nitrogens with one attached hydrogen (secondary N) is 1. The lowest BCUT2D eigenvalue weighted by atomic mass is 10.2. The van der Waals surface area contributed by atoms with Crippen molar-refractivity contribution in [2.24, 2.45) is 5.10 Å². The predicted octanol–water partition coefficient (Wildman–Crippen LogP) is 3.93. The Bertz CT molecular complexity index is 1190. The number of aryl methyl sites for hydroxylation is 2. The molecule has 1 amide bonds. The van der Waals surface area contributed by atoms with E-state index in [0.29, 0.717) is 27.1 Å². The average molecular weight is 468 g/mol. The first kappa shape index (κ1) is 23.7. The van der Waals surface area contributed by atoms with E-state index in [1.54, 1.807) is 24.3 Å². The molecule has 33 heavy (non-hydrogen) atoms. The molecule has 1 heterocycles. The average Bonchev–Trinajstić information content (AvgIpc) is 2.78. The number of carbonyl (C=O) groups is 1. The molecule has 10 nitrogen and oxygen atoms in total. The summed E-state index contributed by atoms with van der Waals surface area (Å²) >= 11 is 1.25. The first-order chi connectivity index (χ1) is 15.8. The van der Waals surface area contributed by atoms with E-state index < -0.39 is 10.8 Å². The monoisotopic (exact) mass is 467 g/mol. The first-order valence-corrected chi connectivity index (χ1v) is 10.5. The highest BCUT2D eigenvalue weighted by atomic mass is 32.2. The van der Waals surface area contributed by atoms with Crippen molar-refractivity contribution in [3.05, 3.63) is 75.1 Å². The molecule has 0 aliphatic carbocycles. The van der Waals surface area contributed by atoms with E-state index >= 15 is 0 Å². The number of nitrogens with zero attached hydrogens (tertiary/aromatic N) is 4. The molecule has 0 aliphatic rings. The number of nitro groups is 1. The predicted molar refractivity (Wildman–Crippen MR) is 123 cm³/mol. The van der Waals surface area contributed by atoms with Gasteiger partial charge in [-0.1, -0.05) is 0 Å². The van der Waals surface area contributed by atoms with Crippen molar-refractivity contribution >= 4 is 29.6 Å². The Labute approximate surface area is 194 Å². The summed E-state index contributed by atoms with van der Waals surface area (Å²) in [5, 5.41) is 15.7. The van der Waals surface area contributed by atoms with Gasteiger partial charge < -0.3 is 9.47 Å². The van der Waals surface area contributed by atoms with Gasteiger partial charge in [0.05, 0.1) is 25.4 Å². The van der Waals surface area contributed by atoms with Gasteiger partial charge in [0, 0.05) is 45.6 Å². The number of hydrogen-bond acceptors (Lipinski definition) is 9. The smallest absolute Gasteiger partial charge is 0.271 e. The summed E-state index contributed by atoms with van der Waals surface area (Å²) in [6.45, 7) is 3.72. The second-order valence-electron chi connectivity index (χ2n) is 6.82. The van der Waals surface area contributed by atoms with Crippen LogP contribution in [0.1, 0.15) is 27.3 Å². The second-order valence-corrected chi connectivity index (χ2v) is 7.82. The van der Waals surface area contributed by atoms with Crippen LogP contribution in [0, 0.1) is 24.0 Å². The maximum absolute atomic E-state index is 12.5. The fourth-order valence-electron chi connectivity index (χ4n) is 2.84. The molecule has 0 unspecified atom stereocenters. The lowest BCUT2D eigenvalue weighted by Crippen LogP contribution is -2.17. The molecule has 2 aromatic carbocycles. The Hall–Kier alpha value is -3.99. The maximum atomic E-state index is 12.5. The molecule has 11 heteroatoms. The highest BCUT2D eigenvalue weighted by Gasteiger charge is 2.13. The molecule has 0 saturated carbocycles. The Balaban J connectivity index is 1.86. The molecule has 0 saturated heterocycles. The molecule has 1 N–H and O–H groups in total. The third-order valence-electron chi connectivity index (χ3n) is 4.35. The van der Waals surface area contributed by atoms with E-state index in [1.165, 1.54) is 44.3 Å². The zero-order chi connectivity index (χ0) is 24.0. The Morgan fingerprint density at radius 2 is 1.70 bits per heavy atom. The number of rotatable bonds is 8. The lowest BCUT2D eigenvalue weighted by molar-refractivity contribution is -0.384. The van der Waals surface area contributed by atoms with Crippen LogP contribution < -0.4 is 14.9 Å². The van der Waals surface area contributed by atoms with Gasteiger partial charge in [-0.15, -0.1) is 0 Å². The maximum Gasteiger partial charge on any atom is 0.271 e. The van der Waals surface area contributed by atoms with Gasteiger partial charge in [0.25, 0.3) is 11.6 Å². The number of carbonyl (C=O) groups excluding carboxylic acids is 1. The van der Waals surface area contributed by atoms with E-state index in [4.69, 9.17) is 9.47 Å². The molecule has 3 rings (SSSR count). The van der Waals surface area contributed by atoms with Gasteiger partial charge >= 0.3 is 0 Å². The largest absolute Gasteiger partial charge is 0.497 e. The highest BCUT2D eigenvalue weighted by molar-refractivity contribution is 7.99. The van der Waals surface area contributed by atoms with Crippen LogP contribution in [-0.4, -0.2) is 41.2 Å². The number of ether oxygens (including phenoxy) is 2. The summed E-state index contributed by atoms with van der Waals surface area (Å²) in [5.41, 5.74) is 4.64. The molecule has 3 aromatic rings. The van der Waals surface area contributed by atoms with E-state index in [0.717, 1.165) is 11.4 Å². The fourth-order valence-corrected chi connectivity index (χ4v) is 3.79. The van der Waals surface area contributed by atoms with Gasteiger partial charge in [0.2, 0.25) is 0 Å². The second kappa shape index (κ2) is 10.6. The Morgan fingerprint density at radius 3 is 2.27 bits per heavy atom. The van der Waals surface area contributed by atoms with Gasteiger partial charge in [-0.2, -0.15) is 5.10 Å². The van der Waals surface area contributed by atoms with E-state index in [-0.39, 0.29) is 11.3 Å². The fraction of sp³-hybridized carbons (Fsp3) is 0.182. The molecule has 0 spiro atoms. The number of benzene rings is 2. The van der Waals surface area contributed by atoms with Crippen LogP contribution in [0.25, 0.3) is 0 Å². The summed E-state index contributed by atoms with van der Waals surface area (Å²) in [4.78, 5) is 32.7. The van der Waals surface area contributed by atoms with Gasteiger partial charge in [-0.25, -0.2) is 15.4 Å². The quantitative estimate of drug-likeness (QED) is 0.228. The summed E-state index contributed by atoms with van der Waals surface area (Å²) in [6.07, 6.45) is 1.34. The topological polar surface area (TPSA) is 129 Å². The molecule has 0 radical (unpaired) electrons. The standard InChI is InChI=1S/C22H21N5O5S/c1-13-7-14(2)25-22(24-13)33-20-6-5-17(27(29)30)8-16(20)12-23-26-21(28)15-9-18(31-3)11-19(10-15)32-4/h5-12H,1-4H3,(H,26,28). The SMILES string of the molecule is COc1cc(OC)cc(C(=O)NN=Cc2cc([N+](=O)[O-])ccc2Sc2nc(C)cc(C)n2)c1. The molecule has 170 valence electrons. The summed E-state index contributed by atoms with van der Waals surface area (Å²) in [7, 11) is 2.96. The Morgan fingerprint density at radius 1 is 1.06 bits per heavy atom. The van der Waals surface area contributed by atoms with Crippen LogP contribution in [0.15, 0.2) is 57.6 Å². The number of hydrazone groups is 1. The van der Waals surface area contributed by atoms with Crippen molar-refractivity contribution in [1.29, 1.82) is 0 Å². The number of amides is 1. The van der Waals surface area contributed by atoms with Crippen LogP contribution >= 0.6 is 11.8 Å². The number of non-ortho nitro benzene ring substituents is 1. The third-order valence-corrected chi connectivity index (χ3v) is 5.31. The van der Waals surface area contributed by atoms with Crippen LogP contribution in [-0.2, 0) is 0 Å². The van der Waals surface area contributed by atoms with Crippen molar-refractivity contribution in [2.45, 2.75) is 23.9 Å². The normalized spacial score (nSPS) is 10.8. The van der Waals surface area contributed by atoms with Gasteiger partial charge in [0.15, 0.2) is 5.16 Å². The zero-order valence-corrected chi connectivity index (χ0v) is 19.2. The molecule has 0 fully saturated rings. The highest BCUT2D eigenvalue weighted by Crippen LogP contribution is 2.30. The lowest BCUT2D eigenvalue weighted by Gasteiger charge is -2.08. The molecular formula is C22H21N5O5S. The van der Waals surface area contributed by atoms with Crippen LogP contribution in [0.4, 0.5) is 5.69 Å². The van der Waals surface area contributed by atoms with Crippen molar-refractivity contribution in [2.75, 3.05) is 14.2 Å². The van der Waals surface area contributed by atoms with Crippen molar-refractivity contribution in [1.82, 2.24) is 15.4 Å². The number of aromatic nitrogens is 2. The summed E-state index contributed by atoms with van der Waals surface area (Å²) < 4.78 is 10.3. The van der Waals surface area contributed by atoms with Gasteiger partial charge in [-0.05, 0) is 49.9 Å². The van der Waals surface area contributed by atoms with Gasteiger partial charge in [-0.3, -0.25) is 14.9 Å². The van der Waals surface area contributed by atoms with Crippen LogP contribution in [0.2, 0.25) is 0 Å². The van der Waals surface area contributed by atoms with Crippen molar-refractivity contribution in [3.8, 4) is 11.5 Å². The summed E-state index contributed by atoms with van der Waals surface area (Å²) in [5.74, 6) is 0.407. The van der Waals surface area contributed by atoms with E-state index in [2.05, 4.69) is 20.5 Å². The molecule has 0 aliphatic heterocycles. The number of nitro benzene ring substituents is 1. The van der Waals surface area contributed by atoms with E-state index in [9.17, 15) is 14.9 Å². The third kappa shape index (κ3) is 6.26. The number of methoxy groups -OCH3 is 2. The molecule has 1 aromatic heterocycles. The van der Waals surface area contributed by atoms with Crippen molar-refractivity contribution < 1.29 is 19.2 Å². The zero-order valence-electron chi connectivity index (χ0n) is 18.4. The van der Waals surface area contributed by atoms with E-state index in [1.807, 2.05) is 19.9 Å². The minimum Gasteiger partial charge on any atom is -0.497 e. The minimum atomic E-state index is -0.500. The summed E-state index contributed by atoms with van der Waals surface area (Å²) in [6, 6.07) is 10.9. The number of hydrogen-bond donors (Lipinski definition) is 1.